The number of rotatable bonds is 6. The Morgan fingerprint density at radius 2 is 2.21 bits per heavy atom. The number of aromatic nitrogens is 1. The third-order valence-electron chi connectivity index (χ3n) is 5.20. The Kier molecular flexibility index (Phi) is 5.62. The van der Waals surface area contributed by atoms with Crippen molar-refractivity contribution in [2.75, 3.05) is 43.6 Å². The second-order valence-corrected chi connectivity index (χ2v) is 7.21. The van der Waals surface area contributed by atoms with Gasteiger partial charge in [-0.3, -0.25) is 9.59 Å². The molecule has 0 bridgehead atoms. The predicted octanol–water partition coefficient (Wildman–Crippen LogP) is 1.82. The molecule has 0 saturated carbocycles. The van der Waals surface area contributed by atoms with Gasteiger partial charge in [-0.25, -0.2) is 4.98 Å². The molecule has 0 spiro atoms. The monoisotopic (exact) mass is 396 g/mol. The third kappa shape index (κ3) is 4.32. The maximum absolute atomic E-state index is 12.6. The molecule has 0 radical (unpaired) electrons. The quantitative estimate of drug-likeness (QED) is 0.774. The summed E-state index contributed by atoms with van der Waals surface area (Å²) in [5.74, 6) is 1.43. The minimum absolute atomic E-state index is 0.0734. The fourth-order valence-electron chi connectivity index (χ4n) is 3.48. The summed E-state index contributed by atoms with van der Waals surface area (Å²) < 4.78 is 10.5. The van der Waals surface area contributed by atoms with Gasteiger partial charge in [0.25, 0.3) is 5.91 Å². The van der Waals surface area contributed by atoms with Crippen molar-refractivity contribution < 1.29 is 19.1 Å². The number of carbonyl (C=O) groups is 2. The lowest BCUT2D eigenvalue weighted by Crippen LogP contribution is -2.40. The molecule has 8 nitrogen and oxygen atoms in total. The van der Waals surface area contributed by atoms with Crippen molar-refractivity contribution >= 4 is 23.3 Å². The molecule has 0 aliphatic carbocycles. The molecular weight excluding hydrogens is 372 g/mol. The van der Waals surface area contributed by atoms with Crippen molar-refractivity contribution in [2.24, 2.45) is 5.92 Å². The highest BCUT2D eigenvalue weighted by atomic mass is 16.5. The number of pyridine rings is 1. The number of hydrogen-bond donors (Lipinski definition) is 2. The first-order valence-electron chi connectivity index (χ1n) is 9.67. The van der Waals surface area contributed by atoms with Crippen LogP contribution in [0, 0.1) is 5.92 Å². The van der Waals surface area contributed by atoms with E-state index in [1.807, 2.05) is 24.3 Å². The number of anilines is 2. The number of methoxy groups -OCH3 is 1. The van der Waals surface area contributed by atoms with Crippen LogP contribution in [0.5, 0.6) is 5.75 Å². The predicted molar refractivity (Wildman–Crippen MR) is 108 cm³/mol. The lowest BCUT2D eigenvalue weighted by molar-refractivity contribution is -0.117. The fourth-order valence-corrected chi connectivity index (χ4v) is 3.48. The van der Waals surface area contributed by atoms with Crippen molar-refractivity contribution in [3.8, 4) is 5.75 Å². The van der Waals surface area contributed by atoms with E-state index in [9.17, 15) is 9.59 Å². The molecule has 2 amide bonds. The van der Waals surface area contributed by atoms with Crippen LogP contribution in [0.15, 0.2) is 36.5 Å². The van der Waals surface area contributed by atoms with Gasteiger partial charge in [0.1, 0.15) is 5.75 Å². The first-order valence-corrected chi connectivity index (χ1v) is 9.67. The molecule has 1 atom stereocenters. The lowest BCUT2D eigenvalue weighted by atomic mass is 10.1. The van der Waals surface area contributed by atoms with Crippen LogP contribution >= 0.6 is 0 Å². The molecule has 2 N–H and O–H groups in total. The molecular formula is C21H24N4O4. The third-order valence-corrected chi connectivity index (χ3v) is 5.20. The van der Waals surface area contributed by atoms with Crippen molar-refractivity contribution in [1.29, 1.82) is 0 Å². The zero-order valence-corrected chi connectivity index (χ0v) is 16.3. The van der Waals surface area contributed by atoms with Gasteiger partial charge in [0.05, 0.1) is 38.1 Å². The highest BCUT2D eigenvalue weighted by Crippen LogP contribution is 2.30. The molecule has 152 valence electrons. The summed E-state index contributed by atoms with van der Waals surface area (Å²) in [6.45, 7) is 2.56. The van der Waals surface area contributed by atoms with Gasteiger partial charge < -0.3 is 25.0 Å². The number of carbonyl (C=O) groups excluding carboxylic acids is 2. The minimum Gasteiger partial charge on any atom is -0.497 e. The van der Waals surface area contributed by atoms with Crippen LogP contribution in [0.1, 0.15) is 22.3 Å². The first-order chi connectivity index (χ1) is 14.1. The largest absolute Gasteiger partial charge is 0.497 e. The maximum atomic E-state index is 12.6. The number of hydrogen-bond acceptors (Lipinski definition) is 6. The molecule has 2 aliphatic heterocycles. The normalized spacial score (nSPS) is 18.2. The minimum atomic E-state index is -0.199. The molecule has 1 unspecified atom stereocenters. The fraction of sp³-hybridized carbons (Fsp3) is 0.381. The van der Waals surface area contributed by atoms with Gasteiger partial charge in [-0.15, -0.1) is 0 Å². The molecule has 1 fully saturated rings. The van der Waals surface area contributed by atoms with E-state index in [0.717, 1.165) is 24.3 Å². The molecule has 2 aromatic rings. The van der Waals surface area contributed by atoms with E-state index in [-0.39, 0.29) is 18.4 Å². The van der Waals surface area contributed by atoms with E-state index in [1.54, 1.807) is 18.1 Å². The van der Waals surface area contributed by atoms with Crippen LogP contribution in [-0.4, -0.2) is 50.2 Å². The van der Waals surface area contributed by atoms with E-state index >= 15 is 0 Å². The van der Waals surface area contributed by atoms with Gasteiger partial charge in [-0.2, -0.15) is 0 Å². The molecule has 3 heterocycles. The van der Waals surface area contributed by atoms with Crippen molar-refractivity contribution in [3.05, 3.63) is 47.7 Å². The maximum Gasteiger partial charge on any atom is 0.252 e. The van der Waals surface area contributed by atoms with E-state index in [1.165, 1.54) is 6.20 Å². The second-order valence-electron chi connectivity index (χ2n) is 7.21. The van der Waals surface area contributed by atoms with E-state index in [0.29, 0.717) is 42.7 Å². The first kappa shape index (κ1) is 19.2. The van der Waals surface area contributed by atoms with Gasteiger partial charge in [-0.05, 0) is 30.2 Å². The van der Waals surface area contributed by atoms with Crippen molar-refractivity contribution in [2.45, 2.75) is 13.0 Å². The van der Waals surface area contributed by atoms with Crippen LogP contribution in [0.4, 0.5) is 11.5 Å². The summed E-state index contributed by atoms with van der Waals surface area (Å²) >= 11 is 0. The Bertz CT molecular complexity index is 894. The van der Waals surface area contributed by atoms with Crippen molar-refractivity contribution in [1.82, 2.24) is 10.3 Å². The van der Waals surface area contributed by atoms with Gasteiger partial charge in [-0.1, -0.05) is 12.1 Å². The summed E-state index contributed by atoms with van der Waals surface area (Å²) in [6.07, 6.45) is 2.49. The van der Waals surface area contributed by atoms with Crippen LogP contribution in [0.25, 0.3) is 0 Å². The SMILES string of the molecule is COc1ccc(CN2C(=O)CNc3ncc(C(=O)NCC4CCOC4)cc32)cc1. The Labute approximate surface area is 169 Å². The molecule has 4 rings (SSSR count). The van der Waals surface area contributed by atoms with Crippen LogP contribution in [0.2, 0.25) is 0 Å². The molecule has 8 heteroatoms. The zero-order chi connectivity index (χ0) is 20.2. The summed E-state index contributed by atoms with van der Waals surface area (Å²) in [7, 11) is 1.61. The number of nitrogens with zero attached hydrogens (tertiary/aromatic N) is 2. The Morgan fingerprint density at radius 1 is 1.38 bits per heavy atom. The van der Waals surface area contributed by atoms with E-state index in [2.05, 4.69) is 15.6 Å². The second kappa shape index (κ2) is 8.48. The van der Waals surface area contributed by atoms with Crippen LogP contribution < -0.4 is 20.3 Å². The van der Waals surface area contributed by atoms with Gasteiger partial charge >= 0.3 is 0 Å². The molecule has 1 aromatic carbocycles. The number of benzene rings is 1. The van der Waals surface area contributed by atoms with Crippen molar-refractivity contribution in [3.63, 3.8) is 0 Å². The van der Waals surface area contributed by atoms with Gasteiger partial charge in [0, 0.05) is 25.3 Å². The van der Waals surface area contributed by atoms with E-state index in [4.69, 9.17) is 9.47 Å². The molecule has 29 heavy (non-hydrogen) atoms. The van der Waals surface area contributed by atoms with Crippen LogP contribution in [0.3, 0.4) is 0 Å². The smallest absolute Gasteiger partial charge is 0.252 e. The van der Waals surface area contributed by atoms with E-state index < -0.39 is 0 Å². The summed E-state index contributed by atoms with van der Waals surface area (Å²) in [6, 6.07) is 9.27. The highest BCUT2D eigenvalue weighted by Gasteiger charge is 2.26. The molecule has 1 aromatic heterocycles. The zero-order valence-electron chi connectivity index (χ0n) is 16.3. The summed E-state index contributed by atoms with van der Waals surface area (Å²) in [5, 5.41) is 5.96. The molecule has 2 aliphatic rings. The lowest BCUT2D eigenvalue weighted by Gasteiger charge is -2.30. The van der Waals surface area contributed by atoms with Crippen LogP contribution in [-0.2, 0) is 16.1 Å². The standard InChI is InChI=1S/C21H24N4O4/c1-28-17-4-2-14(3-5-17)12-25-18-8-16(10-22-20(18)23-11-19(25)26)21(27)24-9-15-6-7-29-13-15/h2-5,8,10,15H,6-7,9,11-13H2,1H3,(H,22,23)(H,24,27). The number of nitrogens with one attached hydrogen (secondary N) is 2. The topological polar surface area (TPSA) is 92.8 Å². The van der Waals surface area contributed by atoms with Gasteiger partial charge in [0.15, 0.2) is 5.82 Å². The summed E-state index contributed by atoms with van der Waals surface area (Å²) in [5.41, 5.74) is 2.00. The number of ether oxygens (including phenoxy) is 2. The Hall–Kier alpha value is -3.13. The van der Waals surface area contributed by atoms with Gasteiger partial charge in [0.2, 0.25) is 5.91 Å². The number of fused-ring (bicyclic) bond motifs is 1. The highest BCUT2D eigenvalue weighted by molar-refractivity contribution is 6.04. The number of amides is 2. The Balaban J connectivity index is 1.51. The Morgan fingerprint density at radius 3 is 2.93 bits per heavy atom. The summed E-state index contributed by atoms with van der Waals surface area (Å²) in [4.78, 5) is 31.2. The molecule has 1 saturated heterocycles. The average molecular weight is 396 g/mol. The average Bonchev–Trinajstić information content (AvgIpc) is 3.28.